The lowest BCUT2D eigenvalue weighted by Crippen LogP contribution is -2.33. The van der Waals surface area contributed by atoms with E-state index < -0.39 is 75.5 Å². The van der Waals surface area contributed by atoms with E-state index in [4.69, 9.17) is 4.74 Å². The van der Waals surface area contributed by atoms with Crippen LogP contribution in [0.3, 0.4) is 0 Å². The number of hydrogen-bond acceptors (Lipinski definition) is 7. The smallest absolute Gasteiger partial charge is 0.418 e. The van der Waals surface area contributed by atoms with Crippen molar-refractivity contribution in [2.45, 2.75) is 28.5 Å². The highest BCUT2D eigenvalue weighted by molar-refractivity contribution is 8.00. The standard InChI is InChI=1S/C30H19F6N3O5S2/c31-29(32,33)15-6-4-7-16(12-15)37-20(40)13-44-17-8-3-5-14(11-17)21-22-24(45-25-23(21)46-28(43)38-25)27(42)39(26(22)41)19-10-2-1-9-18(19)30(34,35)36/h1-12,21-22,24H,13H2,(H,37,40)(H,38,43)/t21-,22-,24+/m0/s1. The second-order valence-electron chi connectivity index (χ2n) is 10.3. The van der Waals surface area contributed by atoms with Gasteiger partial charge in [0.1, 0.15) is 11.0 Å². The molecule has 6 rings (SSSR count). The number of nitrogens with zero attached hydrogens (tertiary/aromatic N) is 1. The Morgan fingerprint density at radius 1 is 0.891 bits per heavy atom. The average Bonchev–Trinajstić information content (AvgIpc) is 3.49. The van der Waals surface area contributed by atoms with Gasteiger partial charge in [0.2, 0.25) is 11.8 Å². The monoisotopic (exact) mass is 679 g/mol. The van der Waals surface area contributed by atoms with Crippen LogP contribution in [0.2, 0.25) is 0 Å². The minimum absolute atomic E-state index is 0.0983. The van der Waals surface area contributed by atoms with Crippen molar-refractivity contribution in [1.82, 2.24) is 4.98 Å². The van der Waals surface area contributed by atoms with E-state index in [0.717, 1.165) is 59.5 Å². The molecule has 0 spiro atoms. The molecular formula is C30H19F6N3O5S2. The van der Waals surface area contributed by atoms with Gasteiger partial charge >= 0.3 is 17.2 Å². The summed E-state index contributed by atoms with van der Waals surface area (Å²) in [6.45, 7) is -0.603. The number of anilines is 2. The molecule has 1 saturated heterocycles. The Morgan fingerprint density at radius 2 is 1.63 bits per heavy atom. The number of thioether (sulfide) groups is 1. The largest absolute Gasteiger partial charge is 0.484 e. The molecule has 0 saturated carbocycles. The van der Waals surface area contributed by atoms with Crippen LogP contribution in [0.5, 0.6) is 5.75 Å². The van der Waals surface area contributed by atoms with E-state index in [2.05, 4.69) is 10.3 Å². The van der Waals surface area contributed by atoms with E-state index in [9.17, 15) is 45.5 Å². The number of ether oxygens (including phenoxy) is 1. The summed E-state index contributed by atoms with van der Waals surface area (Å²) in [5, 5.41) is 1.48. The van der Waals surface area contributed by atoms with Gasteiger partial charge in [-0.2, -0.15) is 26.3 Å². The summed E-state index contributed by atoms with van der Waals surface area (Å²) in [7, 11) is 0. The zero-order valence-corrected chi connectivity index (χ0v) is 24.6. The number of nitrogens with one attached hydrogen (secondary N) is 2. The summed E-state index contributed by atoms with van der Waals surface area (Å²) in [5.41, 5.74) is -2.42. The highest BCUT2D eigenvalue weighted by Gasteiger charge is 2.57. The minimum atomic E-state index is -4.85. The fraction of sp³-hybridized carbons (Fsp3) is 0.200. The van der Waals surface area contributed by atoms with Gasteiger partial charge in [-0.3, -0.25) is 19.2 Å². The zero-order valence-electron chi connectivity index (χ0n) is 22.9. The number of fused-ring (bicyclic) bond motifs is 2. The second-order valence-corrected chi connectivity index (χ2v) is 12.4. The van der Waals surface area contributed by atoms with E-state index in [0.29, 0.717) is 20.4 Å². The van der Waals surface area contributed by atoms with Crippen molar-refractivity contribution in [1.29, 1.82) is 0 Å². The quantitative estimate of drug-likeness (QED) is 0.183. The number of H-pyrrole nitrogens is 1. The molecule has 3 aromatic carbocycles. The molecule has 4 aromatic rings. The lowest BCUT2D eigenvalue weighted by Gasteiger charge is -2.30. The summed E-state index contributed by atoms with van der Waals surface area (Å²) >= 11 is 1.70. The molecular weight excluding hydrogens is 660 g/mol. The molecule has 3 atom stereocenters. The second kappa shape index (κ2) is 11.7. The maximum absolute atomic E-state index is 13.9. The van der Waals surface area contributed by atoms with Gasteiger partial charge in [0.15, 0.2) is 6.61 Å². The van der Waals surface area contributed by atoms with Crippen molar-refractivity contribution >= 4 is 52.2 Å². The van der Waals surface area contributed by atoms with E-state index in [1.165, 1.54) is 30.3 Å². The van der Waals surface area contributed by atoms with Crippen molar-refractivity contribution in [3.8, 4) is 5.75 Å². The fourth-order valence-corrected chi connectivity index (χ4v) is 7.95. The SMILES string of the molecule is O=C(COc1cccc([C@@H]2c3sc(=O)[nH]c3S[C@H]3C(=O)N(c4ccccc4C(F)(F)F)C(=O)[C@@H]23)c1)Nc1cccc(C(F)(F)F)c1. The molecule has 1 fully saturated rings. The number of halogens is 6. The molecule has 0 bridgehead atoms. The fourth-order valence-electron chi connectivity index (χ4n) is 5.44. The highest BCUT2D eigenvalue weighted by Crippen LogP contribution is 2.54. The number of benzene rings is 3. The Balaban J connectivity index is 1.28. The third kappa shape index (κ3) is 5.89. The first-order valence-corrected chi connectivity index (χ1v) is 15.1. The summed E-state index contributed by atoms with van der Waals surface area (Å²) in [5.74, 6) is -4.50. The Bertz CT molecular complexity index is 1920. The first kappa shape index (κ1) is 31.4. The number of para-hydroxylation sites is 1. The van der Waals surface area contributed by atoms with Crippen molar-refractivity contribution in [2.24, 2.45) is 5.92 Å². The molecule has 3 amide bonds. The van der Waals surface area contributed by atoms with Crippen LogP contribution in [-0.2, 0) is 26.7 Å². The molecule has 0 radical (unpaired) electrons. The molecule has 3 heterocycles. The molecule has 238 valence electrons. The number of hydrogen-bond donors (Lipinski definition) is 2. The number of aromatic nitrogens is 1. The summed E-state index contributed by atoms with van der Waals surface area (Å²) < 4.78 is 86.2. The minimum Gasteiger partial charge on any atom is -0.484 e. The van der Waals surface area contributed by atoms with Crippen LogP contribution in [-0.4, -0.2) is 34.6 Å². The van der Waals surface area contributed by atoms with Crippen molar-refractivity contribution in [3.63, 3.8) is 0 Å². The van der Waals surface area contributed by atoms with Gasteiger partial charge in [-0.15, -0.1) is 0 Å². The lowest BCUT2D eigenvalue weighted by molar-refractivity contribution is -0.138. The maximum atomic E-state index is 13.9. The predicted octanol–water partition coefficient (Wildman–Crippen LogP) is 6.29. The number of carbonyl (C=O) groups excluding carboxylic acids is 3. The first-order chi connectivity index (χ1) is 21.7. The van der Waals surface area contributed by atoms with Gasteiger partial charge in [-0.25, -0.2) is 4.90 Å². The molecule has 8 nitrogen and oxygen atoms in total. The Kier molecular flexibility index (Phi) is 7.96. The summed E-state index contributed by atoms with van der Waals surface area (Å²) in [4.78, 5) is 55.4. The molecule has 46 heavy (non-hydrogen) atoms. The normalized spacial score (nSPS) is 19.5. The first-order valence-electron chi connectivity index (χ1n) is 13.4. The molecule has 16 heteroatoms. The van der Waals surface area contributed by atoms with Crippen LogP contribution in [0.1, 0.15) is 27.5 Å². The zero-order chi connectivity index (χ0) is 33.0. The third-order valence-corrected chi connectivity index (χ3v) is 9.74. The molecule has 1 aromatic heterocycles. The molecule has 0 unspecified atom stereocenters. The Hall–Kier alpha value is -4.57. The van der Waals surface area contributed by atoms with Crippen LogP contribution in [0, 0.1) is 5.92 Å². The van der Waals surface area contributed by atoms with Gasteiger partial charge in [-0.05, 0) is 48.0 Å². The number of aromatic amines is 1. The van der Waals surface area contributed by atoms with Gasteiger partial charge in [0.25, 0.3) is 5.91 Å². The highest BCUT2D eigenvalue weighted by atomic mass is 32.2. The average molecular weight is 680 g/mol. The summed E-state index contributed by atoms with van der Waals surface area (Å²) in [6.07, 6.45) is -9.45. The predicted molar refractivity (Wildman–Crippen MR) is 156 cm³/mol. The van der Waals surface area contributed by atoms with Crippen LogP contribution in [0.4, 0.5) is 37.7 Å². The van der Waals surface area contributed by atoms with Crippen LogP contribution < -0.4 is 19.8 Å². The molecule has 2 aliphatic rings. The number of carbonyl (C=O) groups is 3. The maximum Gasteiger partial charge on any atom is 0.418 e. The molecule has 2 aliphatic heterocycles. The lowest BCUT2D eigenvalue weighted by atomic mass is 9.83. The van der Waals surface area contributed by atoms with Gasteiger partial charge in [0.05, 0.1) is 27.8 Å². The van der Waals surface area contributed by atoms with Crippen LogP contribution in [0.15, 0.2) is 82.6 Å². The van der Waals surface area contributed by atoms with Crippen molar-refractivity contribution in [3.05, 3.63) is 104 Å². The van der Waals surface area contributed by atoms with Gasteiger partial charge < -0.3 is 15.0 Å². The van der Waals surface area contributed by atoms with E-state index >= 15 is 0 Å². The number of thiazole rings is 1. The van der Waals surface area contributed by atoms with E-state index in [-0.39, 0.29) is 11.4 Å². The number of alkyl halides is 6. The Morgan fingerprint density at radius 3 is 2.37 bits per heavy atom. The third-order valence-electron chi connectivity index (χ3n) is 7.34. The Labute approximate surface area is 263 Å². The van der Waals surface area contributed by atoms with Crippen LogP contribution in [0.25, 0.3) is 0 Å². The molecule has 2 N–H and O–H groups in total. The van der Waals surface area contributed by atoms with Gasteiger partial charge in [0, 0.05) is 16.5 Å². The van der Waals surface area contributed by atoms with E-state index in [1.54, 1.807) is 6.07 Å². The van der Waals surface area contributed by atoms with Crippen molar-refractivity contribution < 1.29 is 45.5 Å². The summed E-state index contributed by atoms with van der Waals surface area (Å²) in [6, 6.07) is 14.4. The topological polar surface area (TPSA) is 109 Å². The van der Waals surface area contributed by atoms with Crippen molar-refractivity contribution in [2.75, 3.05) is 16.8 Å². The number of rotatable bonds is 6. The number of imide groups is 1. The van der Waals surface area contributed by atoms with Gasteiger partial charge in [-0.1, -0.05) is 53.4 Å². The number of amides is 3. The van der Waals surface area contributed by atoms with Crippen LogP contribution >= 0.6 is 23.1 Å². The van der Waals surface area contributed by atoms with E-state index in [1.807, 2.05) is 0 Å². The molecule has 0 aliphatic carbocycles.